The lowest BCUT2D eigenvalue weighted by molar-refractivity contribution is -0.137. The van der Waals surface area contributed by atoms with Crippen LogP contribution in [0.5, 0.6) is 5.75 Å². The van der Waals surface area contributed by atoms with Crippen LogP contribution in [0.25, 0.3) is 11.1 Å². The highest BCUT2D eigenvalue weighted by atomic mass is 19.4. The number of amides is 2. The van der Waals surface area contributed by atoms with Crippen LogP contribution in [0.15, 0.2) is 60.9 Å². The van der Waals surface area contributed by atoms with Crippen molar-refractivity contribution < 1.29 is 27.5 Å². The van der Waals surface area contributed by atoms with E-state index >= 15 is 0 Å². The number of hydrogen-bond acceptors (Lipinski definition) is 5. The van der Waals surface area contributed by atoms with Crippen LogP contribution in [0.4, 0.5) is 18.9 Å². The molecule has 1 aliphatic heterocycles. The number of carbonyl (C=O) groups excluding carboxylic acids is 2. The number of halogens is 3. The molecule has 2 heterocycles. The maximum atomic E-state index is 13.9. The van der Waals surface area contributed by atoms with Gasteiger partial charge in [-0.25, -0.2) is 0 Å². The topological polar surface area (TPSA) is 74.8 Å². The fourth-order valence-electron chi connectivity index (χ4n) is 8.95. The Labute approximate surface area is 273 Å². The minimum absolute atomic E-state index is 0.0194. The number of rotatable bonds is 8. The molecule has 7 nitrogen and oxygen atoms in total. The Hall–Kier alpha value is -4.08. The predicted octanol–water partition coefficient (Wildman–Crippen LogP) is 7.07. The average Bonchev–Trinajstić information content (AvgIpc) is 3.06. The molecular weight excluding hydrogens is 605 g/mol. The minimum Gasteiger partial charge on any atom is -0.492 e. The summed E-state index contributed by atoms with van der Waals surface area (Å²) in [6, 6.07) is 12.6. The van der Waals surface area contributed by atoms with Crippen LogP contribution < -0.4 is 15.0 Å². The lowest BCUT2D eigenvalue weighted by Crippen LogP contribution is -2.51. The van der Waals surface area contributed by atoms with E-state index < -0.39 is 17.6 Å². The maximum absolute atomic E-state index is 13.9. The Bertz CT molecular complexity index is 1600. The summed E-state index contributed by atoms with van der Waals surface area (Å²) in [5.41, 5.74) is 1.63. The van der Waals surface area contributed by atoms with Crippen molar-refractivity contribution in [3.05, 3.63) is 77.6 Å². The molecule has 5 aliphatic rings. The largest absolute Gasteiger partial charge is 0.492 e. The van der Waals surface area contributed by atoms with Gasteiger partial charge in [0, 0.05) is 61.3 Å². The molecule has 1 saturated heterocycles. The van der Waals surface area contributed by atoms with Gasteiger partial charge < -0.3 is 19.9 Å². The van der Waals surface area contributed by atoms with Gasteiger partial charge in [0.2, 0.25) is 0 Å². The first-order chi connectivity index (χ1) is 22.6. The van der Waals surface area contributed by atoms with E-state index in [9.17, 15) is 22.8 Å². The van der Waals surface area contributed by atoms with Gasteiger partial charge in [0.05, 0.1) is 18.4 Å². The monoisotopic (exact) mass is 646 g/mol. The van der Waals surface area contributed by atoms with E-state index in [1.807, 2.05) is 31.2 Å². The molecule has 2 amide bonds. The summed E-state index contributed by atoms with van der Waals surface area (Å²) >= 11 is 0. The van der Waals surface area contributed by atoms with Gasteiger partial charge in [0.15, 0.2) is 0 Å². The highest BCUT2D eigenvalue weighted by Crippen LogP contribution is 2.59. The molecule has 2 aromatic carbocycles. The molecule has 1 N–H and O–H groups in total. The number of alkyl halides is 3. The van der Waals surface area contributed by atoms with Crippen LogP contribution in [-0.2, 0) is 6.18 Å². The molecule has 4 aliphatic carbocycles. The number of hydrogen-bond donors (Lipinski definition) is 1. The average molecular weight is 647 g/mol. The predicted molar refractivity (Wildman–Crippen MR) is 173 cm³/mol. The number of ether oxygens (including phenoxy) is 1. The molecule has 3 aromatic rings. The van der Waals surface area contributed by atoms with Crippen molar-refractivity contribution in [2.75, 3.05) is 44.2 Å². The fourth-order valence-corrected chi connectivity index (χ4v) is 8.95. The van der Waals surface area contributed by atoms with E-state index in [0.717, 1.165) is 42.1 Å². The zero-order chi connectivity index (χ0) is 32.8. The molecule has 0 spiro atoms. The first-order valence-corrected chi connectivity index (χ1v) is 16.8. The quantitative estimate of drug-likeness (QED) is 0.283. The molecule has 5 fully saturated rings. The van der Waals surface area contributed by atoms with E-state index in [2.05, 4.69) is 15.2 Å². The van der Waals surface area contributed by atoms with Crippen molar-refractivity contribution >= 4 is 17.5 Å². The Morgan fingerprint density at radius 1 is 0.872 bits per heavy atom. The van der Waals surface area contributed by atoms with Crippen LogP contribution in [0.1, 0.15) is 71.7 Å². The summed E-state index contributed by atoms with van der Waals surface area (Å²) < 4.78 is 47.1. The number of piperazine rings is 1. The van der Waals surface area contributed by atoms with Gasteiger partial charge in [-0.2, -0.15) is 13.2 Å². The van der Waals surface area contributed by atoms with Gasteiger partial charge >= 0.3 is 6.18 Å². The summed E-state index contributed by atoms with van der Waals surface area (Å²) in [7, 11) is 0. The standard InChI is InChI=1S/C37H41F3N4O3/c1-2-47-33-17-30(21-41-22-33)28-14-29(16-31(15-28)37(38,39)40)35(46)44-9-7-43(8-10-44)32-5-3-27(4-6-32)34(45)42-23-36-18-24-11-25(19-36)13-26(12-24)20-36/h3-6,14-17,21-22,24-26H,2,7-13,18-20,23H2,1H3,(H,42,45). The first kappa shape index (κ1) is 31.5. The van der Waals surface area contributed by atoms with E-state index in [1.165, 1.54) is 57.0 Å². The van der Waals surface area contributed by atoms with Gasteiger partial charge in [0.25, 0.3) is 11.8 Å². The van der Waals surface area contributed by atoms with Crippen molar-refractivity contribution in [3.8, 4) is 16.9 Å². The zero-order valence-electron chi connectivity index (χ0n) is 26.7. The normalized spacial score (nSPS) is 25.1. The van der Waals surface area contributed by atoms with Crippen LogP contribution in [0.3, 0.4) is 0 Å². The molecular formula is C37H41F3N4O3. The van der Waals surface area contributed by atoms with Crippen LogP contribution in [-0.4, -0.2) is 61.0 Å². The maximum Gasteiger partial charge on any atom is 0.416 e. The number of nitrogens with one attached hydrogen (secondary N) is 1. The highest BCUT2D eigenvalue weighted by Gasteiger charge is 2.50. The zero-order valence-corrected chi connectivity index (χ0v) is 26.7. The van der Waals surface area contributed by atoms with Crippen molar-refractivity contribution in [3.63, 3.8) is 0 Å². The van der Waals surface area contributed by atoms with Gasteiger partial charge in [0.1, 0.15) is 5.75 Å². The van der Waals surface area contributed by atoms with Crippen molar-refractivity contribution in [1.82, 2.24) is 15.2 Å². The van der Waals surface area contributed by atoms with Crippen molar-refractivity contribution in [1.29, 1.82) is 0 Å². The van der Waals surface area contributed by atoms with Gasteiger partial charge in [-0.15, -0.1) is 0 Å². The van der Waals surface area contributed by atoms with Gasteiger partial charge in [-0.05, 0) is 123 Å². The van der Waals surface area contributed by atoms with E-state index in [0.29, 0.717) is 49.7 Å². The molecule has 4 saturated carbocycles. The second kappa shape index (κ2) is 12.5. The van der Waals surface area contributed by atoms with Crippen molar-refractivity contribution in [2.24, 2.45) is 23.2 Å². The smallest absolute Gasteiger partial charge is 0.416 e. The second-order valence-corrected chi connectivity index (χ2v) is 14.1. The number of nitrogens with zero attached hydrogens (tertiary/aromatic N) is 3. The number of benzene rings is 2. The number of aromatic nitrogens is 1. The number of carbonyl (C=O) groups is 2. The van der Waals surface area contributed by atoms with Crippen LogP contribution in [0, 0.1) is 23.2 Å². The second-order valence-electron chi connectivity index (χ2n) is 14.1. The molecule has 10 heteroatoms. The Kier molecular flexibility index (Phi) is 8.39. The molecule has 0 unspecified atom stereocenters. The van der Waals surface area contributed by atoms with Gasteiger partial charge in [-0.1, -0.05) is 0 Å². The summed E-state index contributed by atoms with van der Waals surface area (Å²) in [5.74, 6) is 2.49. The minimum atomic E-state index is -4.62. The van der Waals surface area contributed by atoms with E-state index in [-0.39, 0.29) is 22.4 Å². The Morgan fingerprint density at radius 3 is 2.15 bits per heavy atom. The number of pyridine rings is 1. The van der Waals surface area contributed by atoms with Crippen LogP contribution in [0.2, 0.25) is 0 Å². The summed E-state index contributed by atoms with van der Waals surface area (Å²) in [6.07, 6.45) is 6.24. The SMILES string of the molecule is CCOc1cncc(-c2cc(C(=O)N3CCN(c4ccc(C(=O)NCC56CC7CC(CC(C7)C5)C6)cc4)CC3)cc(C(F)(F)F)c2)c1. The van der Waals surface area contributed by atoms with Gasteiger partial charge in [-0.3, -0.25) is 14.6 Å². The highest BCUT2D eigenvalue weighted by molar-refractivity contribution is 5.96. The lowest BCUT2D eigenvalue weighted by Gasteiger charge is -2.56. The molecule has 1 aromatic heterocycles. The molecule has 0 atom stereocenters. The number of anilines is 1. The fraction of sp³-hybridized carbons (Fsp3) is 0.486. The third-order valence-electron chi connectivity index (χ3n) is 10.7. The van der Waals surface area contributed by atoms with E-state index in [4.69, 9.17) is 4.74 Å². The van der Waals surface area contributed by atoms with Crippen molar-refractivity contribution in [2.45, 2.75) is 51.6 Å². The molecule has 0 radical (unpaired) electrons. The third-order valence-corrected chi connectivity index (χ3v) is 10.7. The third kappa shape index (κ3) is 6.69. The van der Waals surface area contributed by atoms with Crippen LogP contribution >= 0.6 is 0 Å². The Morgan fingerprint density at radius 2 is 1.53 bits per heavy atom. The summed E-state index contributed by atoms with van der Waals surface area (Å²) in [6.45, 7) is 4.73. The van der Waals surface area contributed by atoms with E-state index in [1.54, 1.807) is 11.0 Å². The summed E-state index contributed by atoms with van der Waals surface area (Å²) in [5, 5.41) is 3.25. The Balaban J connectivity index is 0.976. The molecule has 248 valence electrons. The molecule has 4 bridgehead atoms. The molecule has 8 rings (SSSR count). The molecule has 47 heavy (non-hydrogen) atoms. The lowest BCUT2D eigenvalue weighted by atomic mass is 9.49. The first-order valence-electron chi connectivity index (χ1n) is 16.8. The summed E-state index contributed by atoms with van der Waals surface area (Å²) in [4.78, 5) is 34.4.